The lowest BCUT2D eigenvalue weighted by Gasteiger charge is -2.10. The highest BCUT2D eigenvalue weighted by Crippen LogP contribution is 2.26. The van der Waals surface area contributed by atoms with Crippen LogP contribution < -0.4 is 0 Å². The van der Waals surface area contributed by atoms with Gasteiger partial charge in [-0.15, -0.1) is 0 Å². The summed E-state index contributed by atoms with van der Waals surface area (Å²) in [5, 5.41) is 9.02. The molecule has 1 aromatic heterocycles. The molecule has 0 fully saturated rings. The van der Waals surface area contributed by atoms with Crippen molar-refractivity contribution in [3.05, 3.63) is 52.8 Å². The Kier molecular flexibility index (Phi) is 3.63. The average Bonchev–Trinajstić information content (AvgIpc) is 2.81. The van der Waals surface area contributed by atoms with Gasteiger partial charge in [0.05, 0.1) is 11.1 Å². The van der Waals surface area contributed by atoms with Gasteiger partial charge in [0.1, 0.15) is 11.7 Å². The monoisotopic (exact) mass is 277 g/mol. The molecule has 1 atom stereocenters. The van der Waals surface area contributed by atoms with Gasteiger partial charge < -0.3 is 4.57 Å². The summed E-state index contributed by atoms with van der Waals surface area (Å²) in [6, 6.07) is 6.03. The molecule has 0 spiro atoms. The summed E-state index contributed by atoms with van der Waals surface area (Å²) in [4.78, 5) is 16.1. The molecular weight excluding hydrogens is 269 g/mol. The number of benzene rings is 1. The first-order valence-electron chi connectivity index (χ1n) is 5.41. The predicted molar refractivity (Wildman–Crippen MR) is 67.3 cm³/mol. The largest absolute Gasteiger partial charge is 0.332 e. The second kappa shape index (κ2) is 5.21. The van der Waals surface area contributed by atoms with Crippen LogP contribution in [0.4, 0.5) is 4.39 Å². The zero-order valence-corrected chi connectivity index (χ0v) is 10.7. The third-order valence-corrected chi connectivity index (χ3v) is 3.02. The molecule has 4 nitrogen and oxygen atoms in total. The van der Waals surface area contributed by atoms with Crippen LogP contribution in [0.5, 0.6) is 0 Å². The Morgan fingerprint density at radius 2 is 2.32 bits per heavy atom. The number of nitriles is 1. The highest BCUT2D eigenvalue weighted by atomic mass is 35.5. The molecule has 0 N–H and O–H groups in total. The minimum atomic E-state index is -1.26. The zero-order valence-electron chi connectivity index (χ0n) is 9.97. The smallest absolute Gasteiger partial charge is 0.219 e. The minimum absolute atomic E-state index is 0.0389. The van der Waals surface area contributed by atoms with Crippen LogP contribution in [-0.4, -0.2) is 15.3 Å². The Morgan fingerprint density at radius 3 is 2.89 bits per heavy atom. The minimum Gasteiger partial charge on any atom is -0.332 e. The van der Waals surface area contributed by atoms with Gasteiger partial charge in [-0.25, -0.2) is 9.37 Å². The number of halogens is 2. The molecule has 96 valence electrons. The van der Waals surface area contributed by atoms with Crippen LogP contribution in [0.15, 0.2) is 30.6 Å². The maximum atomic E-state index is 13.9. The van der Waals surface area contributed by atoms with Crippen LogP contribution in [-0.2, 0) is 7.05 Å². The number of rotatable bonds is 3. The van der Waals surface area contributed by atoms with Gasteiger partial charge in [0.25, 0.3) is 0 Å². The maximum Gasteiger partial charge on any atom is 0.219 e. The number of carbonyl (C=O) groups excluding carboxylic acids is 1. The molecule has 0 radical (unpaired) electrons. The molecule has 0 saturated carbocycles. The number of hydrogen-bond donors (Lipinski definition) is 0. The van der Waals surface area contributed by atoms with Crippen molar-refractivity contribution >= 4 is 17.4 Å². The standard InChI is InChI=1S/C13H9ClFN3O/c1-18-6-5-17-13(18)12(19)9(7-16)8-3-2-4-10(14)11(8)15/h2-6,9H,1H3. The van der Waals surface area contributed by atoms with Crippen molar-refractivity contribution in [1.29, 1.82) is 5.26 Å². The van der Waals surface area contributed by atoms with Gasteiger partial charge in [0, 0.05) is 25.0 Å². The lowest BCUT2D eigenvalue weighted by atomic mass is 9.95. The lowest BCUT2D eigenvalue weighted by Crippen LogP contribution is -2.17. The molecule has 0 aliphatic heterocycles. The van der Waals surface area contributed by atoms with Crippen molar-refractivity contribution in [2.45, 2.75) is 5.92 Å². The Balaban J connectivity index is 2.47. The molecule has 2 aromatic rings. The number of hydrogen-bond acceptors (Lipinski definition) is 3. The highest BCUT2D eigenvalue weighted by molar-refractivity contribution is 6.30. The van der Waals surface area contributed by atoms with Gasteiger partial charge in [0.2, 0.25) is 5.78 Å². The van der Waals surface area contributed by atoms with Gasteiger partial charge in [-0.05, 0) is 6.07 Å². The molecule has 1 aromatic carbocycles. The van der Waals surface area contributed by atoms with E-state index in [1.165, 1.54) is 29.0 Å². The van der Waals surface area contributed by atoms with Gasteiger partial charge in [-0.2, -0.15) is 5.26 Å². The number of ketones is 1. The van der Waals surface area contributed by atoms with Gasteiger partial charge in [0.15, 0.2) is 5.82 Å². The molecule has 2 rings (SSSR count). The summed E-state index contributed by atoms with van der Waals surface area (Å²) < 4.78 is 15.4. The van der Waals surface area contributed by atoms with E-state index >= 15 is 0 Å². The molecule has 0 amide bonds. The van der Waals surface area contributed by atoms with E-state index in [4.69, 9.17) is 16.9 Å². The quantitative estimate of drug-likeness (QED) is 0.811. The second-order valence-electron chi connectivity index (χ2n) is 3.93. The summed E-state index contributed by atoms with van der Waals surface area (Å²) in [6.45, 7) is 0. The fourth-order valence-corrected chi connectivity index (χ4v) is 1.93. The highest BCUT2D eigenvalue weighted by Gasteiger charge is 2.28. The molecule has 1 heterocycles. The van der Waals surface area contributed by atoms with Gasteiger partial charge in [-0.3, -0.25) is 4.79 Å². The van der Waals surface area contributed by atoms with Gasteiger partial charge in [-0.1, -0.05) is 23.7 Å². The van der Waals surface area contributed by atoms with E-state index in [9.17, 15) is 9.18 Å². The summed E-state index contributed by atoms with van der Waals surface area (Å²) >= 11 is 5.66. The fourth-order valence-electron chi connectivity index (χ4n) is 1.74. The number of imidazole rings is 1. The van der Waals surface area contributed by atoms with E-state index in [2.05, 4.69) is 4.98 Å². The molecule has 1 unspecified atom stereocenters. The topological polar surface area (TPSA) is 58.7 Å². The summed E-state index contributed by atoms with van der Waals surface area (Å²) in [6.07, 6.45) is 3.02. The van der Waals surface area contributed by atoms with Crippen molar-refractivity contribution < 1.29 is 9.18 Å². The molecule has 0 aliphatic rings. The van der Waals surface area contributed by atoms with E-state index < -0.39 is 17.5 Å². The first-order chi connectivity index (χ1) is 9.06. The van der Waals surface area contributed by atoms with E-state index in [-0.39, 0.29) is 16.4 Å². The molecule has 0 saturated heterocycles. The maximum absolute atomic E-state index is 13.9. The van der Waals surface area contributed by atoms with Crippen LogP contribution in [0.1, 0.15) is 22.1 Å². The van der Waals surface area contributed by atoms with E-state index in [1.807, 2.05) is 0 Å². The molecular formula is C13H9ClFN3O. The van der Waals surface area contributed by atoms with Crippen molar-refractivity contribution in [3.63, 3.8) is 0 Å². The number of aryl methyl sites for hydroxylation is 1. The summed E-state index contributed by atoms with van der Waals surface area (Å²) in [7, 11) is 1.63. The third kappa shape index (κ3) is 2.35. The SMILES string of the molecule is Cn1ccnc1C(=O)C(C#N)c1cccc(Cl)c1F. The zero-order chi connectivity index (χ0) is 14.0. The van der Waals surface area contributed by atoms with E-state index in [1.54, 1.807) is 19.3 Å². The number of nitrogens with zero attached hydrogens (tertiary/aromatic N) is 3. The molecule has 6 heteroatoms. The van der Waals surface area contributed by atoms with Crippen molar-refractivity contribution in [3.8, 4) is 6.07 Å². The normalized spacial score (nSPS) is 11.9. The van der Waals surface area contributed by atoms with Crippen LogP contribution in [0.3, 0.4) is 0 Å². The van der Waals surface area contributed by atoms with Crippen LogP contribution >= 0.6 is 11.6 Å². The van der Waals surface area contributed by atoms with Crippen molar-refractivity contribution in [2.24, 2.45) is 7.05 Å². The average molecular weight is 278 g/mol. The molecule has 19 heavy (non-hydrogen) atoms. The third-order valence-electron chi connectivity index (χ3n) is 2.73. The Morgan fingerprint density at radius 1 is 1.58 bits per heavy atom. The Labute approximate surface area is 114 Å². The molecule has 0 bridgehead atoms. The van der Waals surface area contributed by atoms with Crippen LogP contribution in [0, 0.1) is 17.1 Å². The predicted octanol–water partition coefficient (Wildman–Crippen LogP) is 2.70. The van der Waals surface area contributed by atoms with Crippen LogP contribution in [0.2, 0.25) is 5.02 Å². The van der Waals surface area contributed by atoms with Gasteiger partial charge >= 0.3 is 0 Å². The first-order valence-corrected chi connectivity index (χ1v) is 5.79. The number of aromatic nitrogens is 2. The van der Waals surface area contributed by atoms with Crippen LogP contribution in [0.25, 0.3) is 0 Å². The fraction of sp³-hybridized carbons (Fsp3) is 0.154. The van der Waals surface area contributed by atoms with E-state index in [0.29, 0.717) is 0 Å². The first kappa shape index (κ1) is 13.2. The number of Topliss-reactive ketones (excluding diaryl/α,β-unsaturated/α-hetero) is 1. The Hall–Kier alpha value is -2.19. The van der Waals surface area contributed by atoms with Crippen molar-refractivity contribution in [1.82, 2.24) is 9.55 Å². The van der Waals surface area contributed by atoms with Crippen molar-refractivity contribution in [2.75, 3.05) is 0 Å². The summed E-state index contributed by atoms with van der Waals surface area (Å²) in [5.74, 6) is -2.47. The second-order valence-corrected chi connectivity index (χ2v) is 4.34. The van der Waals surface area contributed by atoms with E-state index in [0.717, 1.165) is 0 Å². The summed E-state index contributed by atoms with van der Waals surface area (Å²) in [5.41, 5.74) is -0.0389. The molecule has 0 aliphatic carbocycles. The number of carbonyl (C=O) groups is 1. The Bertz CT molecular complexity index is 675. The lowest BCUT2D eigenvalue weighted by molar-refractivity contribution is 0.0964.